The van der Waals surface area contributed by atoms with Gasteiger partial charge in [0.25, 0.3) is 11.8 Å². The molecule has 3 atom stereocenters. The van der Waals surface area contributed by atoms with Crippen LogP contribution in [0.5, 0.6) is 17.2 Å². The molecule has 5 aromatic rings. The highest BCUT2D eigenvalue weighted by Gasteiger charge is 2.42. The van der Waals surface area contributed by atoms with E-state index in [9.17, 15) is 24.3 Å². The summed E-state index contributed by atoms with van der Waals surface area (Å²) in [5.74, 6) is 2.41. The van der Waals surface area contributed by atoms with Gasteiger partial charge in [-0.3, -0.25) is 19.2 Å². The highest BCUT2D eigenvalue weighted by molar-refractivity contribution is 8.77. The third kappa shape index (κ3) is 10.6. The van der Waals surface area contributed by atoms with Crippen molar-refractivity contribution in [1.29, 1.82) is 0 Å². The van der Waals surface area contributed by atoms with Gasteiger partial charge in [-0.15, -0.1) is 0 Å². The molecule has 360 valence electrons. The number of aryl methyl sites for hydroxylation is 2. The molecule has 69 heavy (non-hydrogen) atoms. The number of aliphatic hydroxyl groups is 1. The monoisotopic (exact) mass is 967 g/mol. The topological polar surface area (TPSA) is 135 Å². The van der Waals surface area contributed by atoms with Gasteiger partial charge in [-0.1, -0.05) is 64.9 Å². The van der Waals surface area contributed by atoms with E-state index in [1.54, 1.807) is 39.7 Å². The number of para-hydroxylation sites is 2. The van der Waals surface area contributed by atoms with Crippen LogP contribution in [0.15, 0.2) is 91.0 Å². The molecule has 4 heterocycles. The van der Waals surface area contributed by atoms with Gasteiger partial charge >= 0.3 is 0 Å². The number of carbonyl (C=O) groups is 4. The van der Waals surface area contributed by atoms with Crippen LogP contribution in [0.1, 0.15) is 119 Å². The molecule has 0 fully saturated rings. The van der Waals surface area contributed by atoms with Crippen molar-refractivity contribution >= 4 is 62.2 Å². The minimum atomic E-state index is -0.749. The SMILES string of the molecule is CCC(=O)CCC(C)(C)SSCCCC(=O)Nc1cc(COc2cc3c(cc2C)C(=O)N2c4ccccc4C[C@H]2C(O)C3)cc(COc2cc3c(cc2OC)C(=O)N2c4ccccc4C[C@H]2CC3)c1. The average Bonchev–Trinajstić information content (AvgIpc) is 3.86. The Bertz CT molecular complexity index is 2790. The van der Waals surface area contributed by atoms with Crippen molar-refractivity contribution in [3.8, 4) is 17.2 Å². The zero-order valence-corrected chi connectivity index (χ0v) is 41.7. The standard InChI is InChI=1S/C56H61N3O8S2/c1-6-43(60)19-20-56(3,4)69-68-21-11-16-53(62)57-41-24-35(32-66-50-30-40-28-49(61)48-27-39-13-8-10-15-47(39)59(48)55(64)44(40)22-34(50)2)23-36(25-41)33-67-52-29-37-17-18-42-26-38-12-7-9-14-46(38)58(42)54(63)45(37)31-51(52)65-5/h7-10,12-15,22-25,29-31,42,48-49,61H,6,11,16-21,26-28,32-33H2,1-5H3,(H,57,62)/t42-,48+,49?/m1/s1. The highest BCUT2D eigenvalue weighted by atomic mass is 33.1. The molecule has 11 nitrogen and oxygen atoms in total. The van der Waals surface area contributed by atoms with Gasteiger partial charge in [-0.05, 0) is 153 Å². The Morgan fingerprint density at radius 2 is 1.42 bits per heavy atom. The van der Waals surface area contributed by atoms with E-state index in [1.807, 2.05) is 97.6 Å². The maximum atomic E-state index is 14.1. The molecule has 0 bridgehead atoms. The van der Waals surface area contributed by atoms with E-state index >= 15 is 0 Å². The highest BCUT2D eigenvalue weighted by Crippen LogP contribution is 2.43. The van der Waals surface area contributed by atoms with Gasteiger partial charge in [0.1, 0.15) is 24.7 Å². The smallest absolute Gasteiger partial charge is 0.258 e. The number of ether oxygens (including phenoxy) is 3. The first kappa shape index (κ1) is 48.3. The Kier molecular flexibility index (Phi) is 14.5. The van der Waals surface area contributed by atoms with E-state index in [1.165, 1.54) is 5.56 Å². The molecule has 9 rings (SSSR count). The van der Waals surface area contributed by atoms with Crippen molar-refractivity contribution in [2.45, 2.75) is 128 Å². The molecule has 0 aliphatic carbocycles. The first-order chi connectivity index (χ1) is 33.3. The second kappa shape index (κ2) is 20.7. The molecular formula is C56H61N3O8S2. The summed E-state index contributed by atoms with van der Waals surface area (Å²) >= 11 is 0. The van der Waals surface area contributed by atoms with E-state index in [-0.39, 0.29) is 53.5 Å². The fourth-order valence-electron chi connectivity index (χ4n) is 10.1. The van der Waals surface area contributed by atoms with E-state index < -0.39 is 6.10 Å². The van der Waals surface area contributed by atoms with Crippen LogP contribution in [0.2, 0.25) is 0 Å². The number of fused-ring (bicyclic) bond motifs is 8. The van der Waals surface area contributed by atoms with Crippen LogP contribution in [-0.2, 0) is 48.5 Å². The fraction of sp³-hybridized carbons (Fsp3) is 0.393. The molecular weight excluding hydrogens is 907 g/mol. The molecule has 3 amide bonds. The lowest BCUT2D eigenvalue weighted by Crippen LogP contribution is -2.43. The number of amides is 3. The maximum Gasteiger partial charge on any atom is 0.258 e. The van der Waals surface area contributed by atoms with Crippen LogP contribution in [-0.4, -0.2) is 64.4 Å². The van der Waals surface area contributed by atoms with E-state index in [4.69, 9.17) is 14.2 Å². The molecule has 4 aliphatic rings. The summed E-state index contributed by atoms with van der Waals surface area (Å²) in [4.78, 5) is 57.3. The Labute approximate surface area is 413 Å². The van der Waals surface area contributed by atoms with Crippen LogP contribution in [0.3, 0.4) is 0 Å². The molecule has 0 radical (unpaired) electrons. The summed E-state index contributed by atoms with van der Waals surface area (Å²) in [5.41, 5.74) is 9.90. The molecule has 5 aromatic carbocycles. The first-order valence-electron chi connectivity index (χ1n) is 24.1. The van der Waals surface area contributed by atoms with Crippen molar-refractivity contribution < 1.29 is 38.5 Å². The third-order valence-corrected chi connectivity index (χ3v) is 17.3. The summed E-state index contributed by atoms with van der Waals surface area (Å²) in [6, 6.07) is 29.0. The molecule has 0 spiro atoms. The molecule has 0 aromatic heterocycles. The summed E-state index contributed by atoms with van der Waals surface area (Å²) < 4.78 is 18.8. The van der Waals surface area contributed by atoms with Gasteiger partial charge in [-0.25, -0.2) is 0 Å². The average molecular weight is 968 g/mol. The first-order valence-corrected chi connectivity index (χ1v) is 26.5. The van der Waals surface area contributed by atoms with Crippen LogP contribution < -0.4 is 29.3 Å². The predicted molar refractivity (Wildman–Crippen MR) is 275 cm³/mol. The minimum absolute atomic E-state index is 0.0321. The number of hydrogen-bond acceptors (Lipinski definition) is 10. The second-order valence-corrected chi connectivity index (χ2v) is 22.4. The summed E-state index contributed by atoms with van der Waals surface area (Å²) in [6.45, 7) is 8.45. The lowest BCUT2D eigenvalue weighted by Gasteiger charge is -2.26. The molecule has 0 saturated carbocycles. The van der Waals surface area contributed by atoms with Gasteiger partial charge < -0.3 is 34.4 Å². The predicted octanol–water partition coefficient (Wildman–Crippen LogP) is 10.8. The summed E-state index contributed by atoms with van der Waals surface area (Å²) in [5, 5.41) is 14.6. The zero-order chi connectivity index (χ0) is 48.4. The summed E-state index contributed by atoms with van der Waals surface area (Å²) in [7, 11) is 5.08. The Morgan fingerprint density at radius 3 is 2.14 bits per heavy atom. The van der Waals surface area contributed by atoms with Gasteiger partial charge in [-0.2, -0.15) is 0 Å². The number of aliphatic hydroxyl groups excluding tert-OH is 1. The van der Waals surface area contributed by atoms with E-state index in [0.29, 0.717) is 72.6 Å². The van der Waals surface area contributed by atoms with Crippen LogP contribution >= 0.6 is 21.6 Å². The van der Waals surface area contributed by atoms with Gasteiger partial charge in [0, 0.05) is 70.4 Å². The lowest BCUT2D eigenvalue weighted by molar-refractivity contribution is -0.119. The number of benzene rings is 5. The number of nitrogens with zero attached hydrogens (tertiary/aromatic N) is 2. The largest absolute Gasteiger partial charge is 0.493 e. The number of ketones is 1. The van der Waals surface area contributed by atoms with E-state index in [0.717, 1.165) is 76.2 Å². The van der Waals surface area contributed by atoms with Crippen molar-refractivity contribution in [1.82, 2.24) is 0 Å². The summed E-state index contributed by atoms with van der Waals surface area (Å²) in [6.07, 6.45) is 5.55. The quantitative estimate of drug-likeness (QED) is 0.0645. The van der Waals surface area contributed by atoms with Crippen molar-refractivity contribution in [3.05, 3.63) is 141 Å². The number of anilines is 3. The molecule has 4 aliphatic heterocycles. The van der Waals surface area contributed by atoms with Gasteiger partial charge in [0.05, 0.1) is 19.3 Å². The van der Waals surface area contributed by atoms with Crippen molar-refractivity contribution in [2.75, 3.05) is 28.0 Å². The molecule has 0 saturated heterocycles. The Hall–Kier alpha value is -5.76. The van der Waals surface area contributed by atoms with Crippen LogP contribution in [0.4, 0.5) is 17.1 Å². The molecule has 2 N–H and O–H groups in total. The van der Waals surface area contributed by atoms with Gasteiger partial charge in [0.2, 0.25) is 5.91 Å². The molecule has 13 heteroatoms. The van der Waals surface area contributed by atoms with Crippen molar-refractivity contribution in [2.24, 2.45) is 0 Å². The number of nitrogens with one attached hydrogen (secondary N) is 1. The minimum Gasteiger partial charge on any atom is -0.493 e. The van der Waals surface area contributed by atoms with Crippen LogP contribution in [0.25, 0.3) is 0 Å². The number of rotatable bonds is 18. The van der Waals surface area contributed by atoms with Crippen LogP contribution in [0, 0.1) is 6.92 Å². The number of carbonyl (C=O) groups excluding carboxylic acids is 4. The Balaban J connectivity index is 0.917. The van der Waals surface area contributed by atoms with Crippen molar-refractivity contribution in [3.63, 3.8) is 0 Å². The lowest BCUT2D eigenvalue weighted by atomic mass is 9.96. The normalized spacial score (nSPS) is 18.0. The fourth-order valence-corrected chi connectivity index (χ4v) is 12.8. The zero-order valence-electron chi connectivity index (χ0n) is 40.1. The second-order valence-electron chi connectivity index (χ2n) is 19.3. The van der Waals surface area contributed by atoms with Gasteiger partial charge in [0.15, 0.2) is 11.5 Å². The maximum absolute atomic E-state index is 14.1. The number of Topliss-reactive ketones (excluding diaryl/α,β-unsaturated/α-hetero) is 1. The number of hydrogen-bond donors (Lipinski definition) is 2. The molecule has 1 unspecified atom stereocenters. The Morgan fingerprint density at radius 1 is 0.768 bits per heavy atom. The van der Waals surface area contributed by atoms with E-state index in [2.05, 4.69) is 25.2 Å². The number of methoxy groups -OCH3 is 1. The third-order valence-electron chi connectivity index (χ3n) is 13.8.